The molecule has 0 aromatic rings. The molecule has 0 spiro atoms. The smallest absolute Gasteiger partial charge is 0.266 e. The predicted molar refractivity (Wildman–Crippen MR) is 129 cm³/mol. The largest absolute Gasteiger partial charge is 0.393 e. The van der Waals surface area contributed by atoms with E-state index in [0.29, 0.717) is 47.3 Å². The van der Waals surface area contributed by atoms with Gasteiger partial charge in [-0.15, -0.1) is 0 Å². The Bertz CT molecular complexity index is 831. The van der Waals surface area contributed by atoms with Gasteiger partial charge in [0.1, 0.15) is 0 Å². The quantitative estimate of drug-likeness (QED) is 0.465. The summed E-state index contributed by atoms with van der Waals surface area (Å²) in [4.78, 5) is 12.2. The molecule has 33 heavy (non-hydrogen) atoms. The molecule has 4 rings (SSSR count). The van der Waals surface area contributed by atoms with Crippen molar-refractivity contribution in [1.29, 1.82) is 0 Å². The van der Waals surface area contributed by atoms with Crippen LogP contribution >= 0.6 is 0 Å². The van der Waals surface area contributed by atoms with Gasteiger partial charge in [-0.2, -0.15) is 8.42 Å². The fourth-order valence-corrected chi connectivity index (χ4v) is 9.56. The summed E-state index contributed by atoms with van der Waals surface area (Å²) in [6, 6.07) is 0. The monoisotopic (exact) mass is 483 g/mol. The Kier molecular flexibility index (Phi) is 7.26. The first kappa shape index (κ1) is 25.4. The van der Waals surface area contributed by atoms with Crippen LogP contribution in [0.15, 0.2) is 0 Å². The highest BCUT2D eigenvalue weighted by molar-refractivity contribution is 7.85. The van der Waals surface area contributed by atoms with E-state index in [2.05, 4.69) is 26.1 Å². The Morgan fingerprint density at radius 1 is 1.06 bits per heavy atom. The molecule has 4 aliphatic carbocycles. The first-order chi connectivity index (χ1) is 15.5. The number of fused-ring (bicyclic) bond motifs is 5. The van der Waals surface area contributed by atoms with Crippen molar-refractivity contribution in [2.24, 2.45) is 46.3 Å². The summed E-state index contributed by atoms with van der Waals surface area (Å²) in [5.74, 6) is 2.77. The van der Waals surface area contributed by atoms with Crippen LogP contribution in [0.5, 0.6) is 0 Å². The van der Waals surface area contributed by atoms with Gasteiger partial charge in [-0.05, 0) is 97.7 Å². The highest BCUT2D eigenvalue weighted by Gasteiger charge is 2.62. The van der Waals surface area contributed by atoms with E-state index in [1.807, 2.05) is 0 Å². The van der Waals surface area contributed by atoms with Crippen LogP contribution in [0.25, 0.3) is 0 Å². The van der Waals surface area contributed by atoms with Crippen molar-refractivity contribution in [3.05, 3.63) is 0 Å². The van der Waals surface area contributed by atoms with E-state index < -0.39 is 15.9 Å². The van der Waals surface area contributed by atoms with E-state index in [1.54, 1.807) is 0 Å². The molecule has 0 heterocycles. The fraction of sp³-hybridized carbons (Fsp3) is 0.962. The topological polar surface area (TPSA) is 104 Å². The molecular formula is C26H45NO5S. The Morgan fingerprint density at radius 2 is 1.79 bits per heavy atom. The number of aliphatic hydroxyl groups excluding tert-OH is 1. The molecule has 1 unspecified atom stereocenters. The van der Waals surface area contributed by atoms with Gasteiger partial charge in [-0.1, -0.05) is 33.6 Å². The van der Waals surface area contributed by atoms with Crippen LogP contribution < -0.4 is 5.32 Å². The second-order valence-electron chi connectivity index (χ2n) is 12.4. The fourth-order valence-electron chi connectivity index (χ4n) is 9.20. The molecule has 4 saturated carbocycles. The van der Waals surface area contributed by atoms with E-state index in [4.69, 9.17) is 4.55 Å². The molecule has 0 saturated heterocycles. The number of rotatable bonds is 7. The lowest BCUT2D eigenvalue weighted by atomic mass is 9.44. The van der Waals surface area contributed by atoms with Crippen LogP contribution in [-0.2, 0) is 14.9 Å². The van der Waals surface area contributed by atoms with Crippen molar-refractivity contribution in [1.82, 2.24) is 5.32 Å². The lowest BCUT2D eigenvalue weighted by Crippen LogP contribution is -2.57. The summed E-state index contributed by atoms with van der Waals surface area (Å²) >= 11 is 0. The SMILES string of the molecule is C[C@H](CCC(=O)NCCS(=O)(=O)O)[C@H]1CC[C@@H]2[C@H]3[C@@H](CC[C@@]21C)[C@@]1(C)CCCCC1C[C@@H]3O. The molecule has 1 amide bonds. The summed E-state index contributed by atoms with van der Waals surface area (Å²) in [5, 5.41) is 14.0. The van der Waals surface area contributed by atoms with Crippen LogP contribution in [0.4, 0.5) is 0 Å². The summed E-state index contributed by atoms with van der Waals surface area (Å²) < 4.78 is 30.5. The number of hydrogen-bond donors (Lipinski definition) is 3. The van der Waals surface area contributed by atoms with Gasteiger partial charge in [0.25, 0.3) is 10.1 Å². The van der Waals surface area contributed by atoms with Crippen LogP contribution in [0.1, 0.15) is 91.4 Å². The van der Waals surface area contributed by atoms with Crippen molar-refractivity contribution in [2.75, 3.05) is 12.3 Å². The molecular weight excluding hydrogens is 438 g/mol. The van der Waals surface area contributed by atoms with Crippen molar-refractivity contribution >= 4 is 16.0 Å². The Morgan fingerprint density at radius 3 is 2.52 bits per heavy atom. The lowest BCUT2D eigenvalue weighted by molar-refractivity contribution is -0.164. The van der Waals surface area contributed by atoms with Gasteiger partial charge in [0.15, 0.2) is 0 Å². The molecule has 9 atom stereocenters. The second-order valence-corrected chi connectivity index (χ2v) is 14.0. The predicted octanol–water partition coefficient (Wildman–Crippen LogP) is 4.43. The minimum atomic E-state index is -4.05. The van der Waals surface area contributed by atoms with Gasteiger partial charge >= 0.3 is 0 Å². The van der Waals surface area contributed by atoms with Gasteiger partial charge in [-0.3, -0.25) is 9.35 Å². The number of aliphatic hydroxyl groups is 1. The average Bonchev–Trinajstić information content (AvgIpc) is 3.08. The maximum absolute atomic E-state index is 12.2. The molecule has 190 valence electrons. The highest BCUT2D eigenvalue weighted by Crippen LogP contribution is 2.68. The number of amides is 1. The zero-order chi connectivity index (χ0) is 24.0. The lowest BCUT2D eigenvalue weighted by Gasteiger charge is -2.62. The number of carbonyl (C=O) groups excluding carboxylic acids is 1. The standard InChI is InChI=1S/C26H45NO5S/c1-17(7-10-23(29)27-14-15-33(30,31)32)19-8-9-20-24-21(11-13-26(19,20)3)25(2)12-5-4-6-18(25)16-22(24)28/h17-22,24,28H,4-16H2,1-3H3,(H,27,29)(H,30,31,32)/t17-,18?,19-,20-,21-,22+,24+,25+,26-/m1/s1. The van der Waals surface area contributed by atoms with Crippen LogP contribution in [-0.4, -0.2) is 42.4 Å². The van der Waals surface area contributed by atoms with Crippen LogP contribution in [0.3, 0.4) is 0 Å². The zero-order valence-corrected chi connectivity index (χ0v) is 21.6. The summed E-state index contributed by atoms with van der Waals surface area (Å²) in [6.07, 6.45) is 12.2. The van der Waals surface area contributed by atoms with Crippen molar-refractivity contribution in [2.45, 2.75) is 97.5 Å². The number of nitrogens with one attached hydrogen (secondary N) is 1. The Labute approximate surface area is 200 Å². The van der Waals surface area contributed by atoms with E-state index in [-0.39, 0.29) is 24.0 Å². The van der Waals surface area contributed by atoms with Gasteiger partial charge < -0.3 is 10.4 Å². The molecule has 6 nitrogen and oxygen atoms in total. The minimum absolute atomic E-state index is 0.0457. The Hall–Kier alpha value is -0.660. The number of carbonyl (C=O) groups is 1. The normalized spacial score (nSPS) is 43.8. The third-order valence-electron chi connectivity index (χ3n) is 10.9. The molecule has 0 bridgehead atoms. The molecule has 7 heteroatoms. The third kappa shape index (κ3) is 4.88. The number of hydrogen-bond acceptors (Lipinski definition) is 4. The first-order valence-corrected chi connectivity index (χ1v) is 15.0. The maximum Gasteiger partial charge on any atom is 0.266 e. The van der Waals surface area contributed by atoms with E-state index in [1.165, 1.54) is 51.4 Å². The van der Waals surface area contributed by atoms with Crippen LogP contribution in [0.2, 0.25) is 0 Å². The second kappa shape index (κ2) is 9.42. The van der Waals surface area contributed by atoms with E-state index in [0.717, 1.165) is 12.8 Å². The summed E-state index contributed by atoms with van der Waals surface area (Å²) in [7, 11) is -4.05. The minimum Gasteiger partial charge on any atom is -0.393 e. The van der Waals surface area contributed by atoms with Gasteiger partial charge in [0.2, 0.25) is 5.91 Å². The highest BCUT2D eigenvalue weighted by atomic mass is 32.2. The molecule has 4 fully saturated rings. The third-order valence-corrected chi connectivity index (χ3v) is 11.6. The summed E-state index contributed by atoms with van der Waals surface area (Å²) in [5.41, 5.74) is 0.647. The van der Waals surface area contributed by atoms with E-state index in [9.17, 15) is 18.3 Å². The van der Waals surface area contributed by atoms with Crippen LogP contribution in [0, 0.1) is 46.3 Å². The van der Waals surface area contributed by atoms with Crippen molar-refractivity contribution in [3.63, 3.8) is 0 Å². The Balaban J connectivity index is 1.38. The maximum atomic E-state index is 12.2. The molecule has 0 aliphatic heterocycles. The first-order valence-electron chi connectivity index (χ1n) is 13.4. The summed E-state index contributed by atoms with van der Waals surface area (Å²) in [6.45, 7) is 7.23. The molecule has 0 aromatic heterocycles. The molecule has 3 N–H and O–H groups in total. The van der Waals surface area contributed by atoms with Gasteiger partial charge in [0.05, 0.1) is 11.9 Å². The molecule has 4 aliphatic rings. The van der Waals surface area contributed by atoms with E-state index >= 15 is 0 Å². The van der Waals surface area contributed by atoms with Gasteiger partial charge in [0, 0.05) is 13.0 Å². The zero-order valence-electron chi connectivity index (χ0n) is 20.8. The van der Waals surface area contributed by atoms with Crippen molar-refractivity contribution < 1.29 is 22.9 Å². The average molecular weight is 484 g/mol. The van der Waals surface area contributed by atoms with Crippen molar-refractivity contribution in [3.8, 4) is 0 Å². The molecule has 0 radical (unpaired) electrons. The van der Waals surface area contributed by atoms with Gasteiger partial charge in [-0.25, -0.2) is 0 Å². The molecule has 0 aromatic carbocycles.